The topological polar surface area (TPSA) is 55.0 Å². The second kappa shape index (κ2) is 4.62. The smallest absolute Gasteiger partial charge is 0.261 e. The third-order valence-corrected chi connectivity index (χ3v) is 3.05. The fourth-order valence-electron chi connectivity index (χ4n) is 2.10. The van der Waals surface area contributed by atoms with Gasteiger partial charge in [0.15, 0.2) is 0 Å². The number of rotatable bonds is 3. The van der Waals surface area contributed by atoms with Gasteiger partial charge in [-0.1, -0.05) is 0 Å². The van der Waals surface area contributed by atoms with E-state index in [1.54, 1.807) is 24.2 Å². The van der Waals surface area contributed by atoms with Crippen LogP contribution in [0, 0.1) is 6.92 Å². The van der Waals surface area contributed by atoms with E-state index in [2.05, 4.69) is 9.97 Å². The molecule has 0 spiro atoms. The zero-order valence-electron chi connectivity index (χ0n) is 9.74. The fraction of sp³-hybridized carbons (Fsp3) is 0.636. The number of aromatic nitrogens is 2. The van der Waals surface area contributed by atoms with Crippen LogP contribution in [0.2, 0.25) is 0 Å². The summed E-state index contributed by atoms with van der Waals surface area (Å²) in [6, 6.07) is -0.219. The average molecular weight is 242 g/mol. The number of hydrogen-bond acceptors (Lipinski definition) is 4. The fourth-order valence-corrected chi connectivity index (χ4v) is 2.10. The van der Waals surface area contributed by atoms with Gasteiger partial charge in [-0.2, -0.15) is 0 Å². The van der Waals surface area contributed by atoms with Crippen molar-refractivity contribution in [3.05, 3.63) is 23.8 Å². The molecule has 2 heterocycles. The van der Waals surface area contributed by atoms with Gasteiger partial charge in [-0.05, 0) is 6.92 Å². The standard InChI is InChI=1S/C11H16F2N4/c1-8-15-5-9(6-16-8)10(4-14)17-3-2-11(12,13)7-17/h5-6,10H,2-4,7,14H2,1H3. The predicted octanol–water partition coefficient (Wildman–Crippen LogP) is 1.13. The number of likely N-dealkylation sites (tertiary alicyclic amines) is 1. The van der Waals surface area contributed by atoms with Crippen molar-refractivity contribution < 1.29 is 8.78 Å². The lowest BCUT2D eigenvalue weighted by atomic mass is 10.1. The largest absolute Gasteiger partial charge is 0.329 e. The van der Waals surface area contributed by atoms with E-state index in [4.69, 9.17) is 5.73 Å². The molecule has 1 atom stereocenters. The first kappa shape index (κ1) is 12.3. The van der Waals surface area contributed by atoms with E-state index in [1.165, 1.54) is 0 Å². The van der Waals surface area contributed by atoms with Crippen LogP contribution in [0.15, 0.2) is 12.4 Å². The SMILES string of the molecule is Cc1ncc(C(CN)N2CCC(F)(F)C2)cn1. The molecule has 0 bridgehead atoms. The Bertz CT molecular complexity index is 380. The minimum atomic E-state index is -2.60. The van der Waals surface area contributed by atoms with Crippen LogP contribution in [-0.2, 0) is 0 Å². The Morgan fingerprint density at radius 2 is 2.12 bits per heavy atom. The zero-order chi connectivity index (χ0) is 12.5. The molecule has 6 heteroatoms. The summed E-state index contributed by atoms with van der Waals surface area (Å²) in [6.07, 6.45) is 3.23. The molecule has 0 aromatic carbocycles. The minimum Gasteiger partial charge on any atom is -0.329 e. The molecule has 0 amide bonds. The number of alkyl halides is 2. The predicted molar refractivity (Wildman–Crippen MR) is 59.7 cm³/mol. The molecule has 1 aromatic heterocycles. The molecular weight excluding hydrogens is 226 g/mol. The maximum absolute atomic E-state index is 13.2. The van der Waals surface area contributed by atoms with Crippen molar-refractivity contribution in [2.75, 3.05) is 19.6 Å². The third kappa shape index (κ3) is 2.76. The molecule has 2 N–H and O–H groups in total. The van der Waals surface area contributed by atoms with Gasteiger partial charge < -0.3 is 5.73 Å². The van der Waals surface area contributed by atoms with Crippen molar-refractivity contribution in [2.24, 2.45) is 5.73 Å². The number of hydrogen-bond donors (Lipinski definition) is 1. The number of nitrogens with zero attached hydrogens (tertiary/aromatic N) is 3. The Hall–Kier alpha value is -1.14. The summed E-state index contributed by atoms with van der Waals surface area (Å²) in [7, 11) is 0. The normalized spacial score (nSPS) is 21.6. The first-order chi connectivity index (χ1) is 8.02. The van der Waals surface area contributed by atoms with E-state index >= 15 is 0 Å². The summed E-state index contributed by atoms with van der Waals surface area (Å²) < 4.78 is 26.3. The summed E-state index contributed by atoms with van der Waals surface area (Å²) in [4.78, 5) is 9.85. The maximum atomic E-state index is 13.2. The van der Waals surface area contributed by atoms with E-state index in [1.807, 2.05) is 0 Å². The maximum Gasteiger partial charge on any atom is 0.261 e. The van der Waals surface area contributed by atoms with Crippen LogP contribution in [0.5, 0.6) is 0 Å². The van der Waals surface area contributed by atoms with Gasteiger partial charge >= 0.3 is 0 Å². The quantitative estimate of drug-likeness (QED) is 0.863. The van der Waals surface area contributed by atoms with Gasteiger partial charge in [0, 0.05) is 37.5 Å². The lowest BCUT2D eigenvalue weighted by Crippen LogP contribution is -2.34. The summed E-state index contributed by atoms with van der Waals surface area (Å²) in [5, 5.41) is 0. The van der Waals surface area contributed by atoms with Crippen LogP contribution >= 0.6 is 0 Å². The highest BCUT2D eigenvalue weighted by atomic mass is 19.3. The molecule has 2 rings (SSSR count). The van der Waals surface area contributed by atoms with Crippen LogP contribution < -0.4 is 5.73 Å². The first-order valence-electron chi connectivity index (χ1n) is 5.62. The Labute approximate surface area is 98.9 Å². The van der Waals surface area contributed by atoms with Crippen molar-refractivity contribution in [3.8, 4) is 0 Å². The Morgan fingerprint density at radius 1 is 1.47 bits per heavy atom. The number of aryl methyl sites for hydroxylation is 1. The summed E-state index contributed by atoms with van der Waals surface area (Å²) in [5.41, 5.74) is 6.47. The highest BCUT2D eigenvalue weighted by Crippen LogP contribution is 2.32. The zero-order valence-corrected chi connectivity index (χ0v) is 9.74. The van der Waals surface area contributed by atoms with E-state index in [9.17, 15) is 8.78 Å². The highest BCUT2D eigenvalue weighted by molar-refractivity contribution is 5.12. The molecule has 0 saturated carbocycles. The molecule has 4 nitrogen and oxygen atoms in total. The van der Waals surface area contributed by atoms with Crippen LogP contribution in [0.25, 0.3) is 0 Å². The molecule has 1 aliphatic heterocycles. The van der Waals surface area contributed by atoms with Gasteiger partial charge in [0.2, 0.25) is 0 Å². The van der Waals surface area contributed by atoms with Crippen molar-refractivity contribution in [1.82, 2.24) is 14.9 Å². The Morgan fingerprint density at radius 3 is 2.59 bits per heavy atom. The lowest BCUT2D eigenvalue weighted by Gasteiger charge is -2.26. The summed E-state index contributed by atoms with van der Waals surface area (Å²) in [6.45, 7) is 2.21. The third-order valence-electron chi connectivity index (χ3n) is 3.05. The van der Waals surface area contributed by atoms with Crippen molar-refractivity contribution >= 4 is 0 Å². The number of halogens is 2. The van der Waals surface area contributed by atoms with Crippen molar-refractivity contribution in [1.29, 1.82) is 0 Å². The molecule has 0 radical (unpaired) electrons. The summed E-state index contributed by atoms with van der Waals surface area (Å²) >= 11 is 0. The molecular formula is C11H16F2N4. The van der Waals surface area contributed by atoms with E-state index in [0.29, 0.717) is 18.9 Å². The van der Waals surface area contributed by atoms with Gasteiger partial charge in [-0.15, -0.1) is 0 Å². The molecule has 1 unspecified atom stereocenters. The highest BCUT2D eigenvalue weighted by Gasteiger charge is 2.40. The molecule has 1 saturated heterocycles. The lowest BCUT2D eigenvalue weighted by molar-refractivity contribution is 0.00786. The van der Waals surface area contributed by atoms with Gasteiger partial charge in [-0.25, -0.2) is 18.7 Å². The second-order valence-corrected chi connectivity index (χ2v) is 4.39. The van der Waals surface area contributed by atoms with Crippen LogP contribution in [0.1, 0.15) is 23.9 Å². The first-order valence-corrected chi connectivity index (χ1v) is 5.62. The summed E-state index contributed by atoms with van der Waals surface area (Å²) in [5.74, 6) is -1.94. The number of nitrogens with two attached hydrogens (primary N) is 1. The monoisotopic (exact) mass is 242 g/mol. The molecule has 17 heavy (non-hydrogen) atoms. The average Bonchev–Trinajstić information content (AvgIpc) is 2.63. The van der Waals surface area contributed by atoms with Crippen LogP contribution in [0.3, 0.4) is 0 Å². The van der Waals surface area contributed by atoms with Crippen molar-refractivity contribution in [3.63, 3.8) is 0 Å². The van der Waals surface area contributed by atoms with E-state index in [0.717, 1.165) is 5.56 Å². The van der Waals surface area contributed by atoms with Crippen LogP contribution in [0.4, 0.5) is 8.78 Å². The Kier molecular flexibility index (Phi) is 3.35. The molecule has 1 fully saturated rings. The van der Waals surface area contributed by atoms with Gasteiger partial charge in [0.25, 0.3) is 5.92 Å². The van der Waals surface area contributed by atoms with E-state index < -0.39 is 5.92 Å². The van der Waals surface area contributed by atoms with Gasteiger partial charge in [-0.3, -0.25) is 4.90 Å². The molecule has 1 aromatic rings. The molecule has 0 aliphatic carbocycles. The molecule has 94 valence electrons. The van der Waals surface area contributed by atoms with Gasteiger partial charge in [0.1, 0.15) is 5.82 Å². The van der Waals surface area contributed by atoms with Crippen molar-refractivity contribution in [2.45, 2.75) is 25.3 Å². The van der Waals surface area contributed by atoms with Crippen LogP contribution in [-0.4, -0.2) is 40.4 Å². The molecule has 1 aliphatic rings. The second-order valence-electron chi connectivity index (χ2n) is 4.39. The minimum absolute atomic E-state index is 0.101. The Balaban J connectivity index is 2.14. The van der Waals surface area contributed by atoms with Gasteiger partial charge in [0.05, 0.1) is 12.6 Å². The van der Waals surface area contributed by atoms with E-state index in [-0.39, 0.29) is 19.0 Å².